The van der Waals surface area contributed by atoms with Crippen molar-refractivity contribution in [3.8, 4) is 17.2 Å². The third-order valence-electron chi connectivity index (χ3n) is 7.54. The summed E-state index contributed by atoms with van der Waals surface area (Å²) in [7, 11) is 1.62. The Morgan fingerprint density at radius 3 is 2.59 bits per heavy atom. The highest BCUT2D eigenvalue weighted by Crippen LogP contribution is 2.42. The Morgan fingerprint density at radius 2 is 1.88 bits per heavy atom. The number of pyridine rings is 1. The average Bonchev–Trinajstić information content (AvgIpc) is 3.50. The molecule has 0 radical (unpaired) electrons. The Labute approximate surface area is 233 Å². The molecule has 0 spiro atoms. The number of aromatic nitrogens is 7. The minimum absolute atomic E-state index is 0.0681. The fourth-order valence-electron chi connectivity index (χ4n) is 5.62. The second-order valence-corrected chi connectivity index (χ2v) is 10.3. The number of rotatable bonds is 5. The fraction of sp³-hybridized carbons (Fsp3) is 0.500. The number of imidazole rings is 1. The molecular formula is C26H30F4N10O. The zero-order valence-electron chi connectivity index (χ0n) is 22.8. The monoisotopic (exact) mass is 574 g/mol. The average molecular weight is 575 g/mol. The van der Waals surface area contributed by atoms with Crippen molar-refractivity contribution in [1.82, 2.24) is 39.6 Å². The molecule has 15 heteroatoms. The quantitative estimate of drug-likeness (QED) is 0.272. The van der Waals surface area contributed by atoms with Crippen LogP contribution in [0.5, 0.6) is 0 Å². The summed E-state index contributed by atoms with van der Waals surface area (Å²) in [6, 6.07) is 3.77. The molecule has 0 aromatic carbocycles. The minimum atomic E-state index is -4.68. The predicted molar refractivity (Wildman–Crippen MR) is 144 cm³/mol. The highest BCUT2D eigenvalue weighted by Gasteiger charge is 2.42. The highest BCUT2D eigenvalue weighted by molar-refractivity contribution is 5.78. The number of nitrogens with zero attached hydrogens (tertiary/aromatic N) is 8. The van der Waals surface area contributed by atoms with Gasteiger partial charge in [-0.25, -0.2) is 9.55 Å². The summed E-state index contributed by atoms with van der Waals surface area (Å²) >= 11 is 0. The SMILES string of the molecule is CNc1nc2nc(F)ccc2n1-c1nc(-c2c(C)nn(C3CCNCC3)c2C(F)(F)F)cc(N2CCOC[C@H]2C)n1. The highest BCUT2D eigenvalue weighted by atomic mass is 19.4. The number of fused-ring (bicyclic) bond motifs is 1. The summed E-state index contributed by atoms with van der Waals surface area (Å²) in [6.45, 7) is 6.13. The molecule has 41 heavy (non-hydrogen) atoms. The Bertz CT molecular complexity index is 1580. The number of aryl methyl sites for hydroxylation is 1. The number of anilines is 2. The lowest BCUT2D eigenvalue weighted by Crippen LogP contribution is -2.44. The number of piperidine rings is 1. The Hall–Kier alpha value is -3.85. The smallest absolute Gasteiger partial charge is 0.377 e. The van der Waals surface area contributed by atoms with Gasteiger partial charge in [-0.2, -0.15) is 37.6 Å². The van der Waals surface area contributed by atoms with Gasteiger partial charge < -0.3 is 20.3 Å². The lowest BCUT2D eigenvalue weighted by molar-refractivity contribution is -0.144. The number of hydrogen-bond donors (Lipinski definition) is 2. The summed E-state index contributed by atoms with van der Waals surface area (Å²) < 4.78 is 66.6. The molecule has 4 aromatic rings. The van der Waals surface area contributed by atoms with Crippen LogP contribution in [0.2, 0.25) is 0 Å². The van der Waals surface area contributed by atoms with Crippen molar-refractivity contribution in [3.63, 3.8) is 0 Å². The lowest BCUT2D eigenvalue weighted by atomic mass is 10.0. The van der Waals surface area contributed by atoms with E-state index in [-0.39, 0.29) is 40.5 Å². The van der Waals surface area contributed by atoms with Crippen molar-refractivity contribution in [1.29, 1.82) is 0 Å². The van der Waals surface area contributed by atoms with Crippen LogP contribution in [-0.4, -0.2) is 80.2 Å². The molecule has 4 aromatic heterocycles. The third kappa shape index (κ3) is 4.96. The van der Waals surface area contributed by atoms with E-state index < -0.39 is 23.9 Å². The van der Waals surface area contributed by atoms with Crippen LogP contribution in [0.1, 0.15) is 37.2 Å². The van der Waals surface area contributed by atoms with E-state index in [1.54, 1.807) is 20.0 Å². The molecule has 2 aliphatic rings. The van der Waals surface area contributed by atoms with Gasteiger partial charge in [0.05, 0.1) is 47.8 Å². The summed E-state index contributed by atoms with van der Waals surface area (Å²) in [5.74, 6) is 0.0490. The molecule has 6 heterocycles. The van der Waals surface area contributed by atoms with Crippen LogP contribution < -0.4 is 15.5 Å². The molecule has 2 saturated heterocycles. The van der Waals surface area contributed by atoms with Gasteiger partial charge in [-0.1, -0.05) is 0 Å². The summed E-state index contributed by atoms with van der Waals surface area (Å²) in [6.07, 6.45) is -3.62. The van der Waals surface area contributed by atoms with E-state index in [1.807, 2.05) is 11.8 Å². The van der Waals surface area contributed by atoms with Crippen LogP contribution in [-0.2, 0) is 10.9 Å². The zero-order valence-corrected chi connectivity index (χ0v) is 22.8. The maximum absolute atomic E-state index is 14.8. The van der Waals surface area contributed by atoms with Gasteiger partial charge in [-0.3, -0.25) is 4.68 Å². The first-order valence-corrected chi connectivity index (χ1v) is 13.5. The second kappa shape index (κ2) is 10.5. The van der Waals surface area contributed by atoms with Gasteiger partial charge in [0.25, 0.3) is 0 Å². The van der Waals surface area contributed by atoms with Gasteiger partial charge in [0.1, 0.15) is 5.82 Å². The second-order valence-electron chi connectivity index (χ2n) is 10.3. The molecule has 218 valence electrons. The number of ether oxygens (including phenoxy) is 1. The van der Waals surface area contributed by atoms with Gasteiger partial charge in [0.2, 0.25) is 17.8 Å². The fourth-order valence-corrected chi connectivity index (χ4v) is 5.62. The molecule has 0 aliphatic carbocycles. The first kappa shape index (κ1) is 27.3. The van der Waals surface area contributed by atoms with Gasteiger partial charge in [0, 0.05) is 19.7 Å². The van der Waals surface area contributed by atoms with E-state index in [9.17, 15) is 17.6 Å². The van der Waals surface area contributed by atoms with Crippen LogP contribution in [0.3, 0.4) is 0 Å². The topological polar surface area (TPSA) is 111 Å². The van der Waals surface area contributed by atoms with Gasteiger partial charge in [0.15, 0.2) is 11.3 Å². The maximum Gasteiger partial charge on any atom is 0.433 e. The van der Waals surface area contributed by atoms with Gasteiger partial charge >= 0.3 is 6.18 Å². The van der Waals surface area contributed by atoms with Crippen molar-refractivity contribution in [2.75, 3.05) is 50.1 Å². The molecule has 6 rings (SSSR count). The largest absolute Gasteiger partial charge is 0.433 e. The number of morpholine rings is 1. The molecule has 0 bridgehead atoms. The van der Waals surface area contributed by atoms with Crippen molar-refractivity contribution in [2.24, 2.45) is 0 Å². The first-order chi connectivity index (χ1) is 19.7. The Morgan fingerprint density at radius 1 is 1.10 bits per heavy atom. The van der Waals surface area contributed by atoms with Crippen LogP contribution in [0, 0.1) is 12.9 Å². The van der Waals surface area contributed by atoms with E-state index in [0.717, 1.165) is 4.68 Å². The predicted octanol–water partition coefficient (Wildman–Crippen LogP) is 3.73. The van der Waals surface area contributed by atoms with E-state index >= 15 is 0 Å². The number of hydrogen-bond acceptors (Lipinski definition) is 9. The zero-order chi connectivity index (χ0) is 28.9. The molecule has 2 aliphatic heterocycles. The van der Waals surface area contributed by atoms with Crippen LogP contribution in [0.15, 0.2) is 18.2 Å². The van der Waals surface area contributed by atoms with E-state index in [0.29, 0.717) is 57.0 Å². The summed E-state index contributed by atoms with van der Waals surface area (Å²) in [5, 5.41) is 10.5. The van der Waals surface area contributed by atoms with Crippen LogP contribution in [0.4, 0.5) is 29.3 Å². The standard InChI is InChI=1S/C26H30F4N10O/c1-14-13-41-11-10-38(14)20-12-17(21-15(2)37-40(22(21)26(28,29)30)16-6-8-32-9-7-16)33-25(35-20)39-18-4-5-19(27)34-23(18)36-24(39)31-3/h4-5,12,14,16,32H,6-11,13H2,1-3H3,(H,31,34,36)/t14-/m1/s1. The van der Waals surface area contributed by atoms with E-state index in [1.165, 1.54) is 16.7 Å². The molecule has 0 saturated carbocycles. The molecule has 0 unspecified atom stereocenters. The van der Waals surface area contributed by atoms with Crippen molar-refractivity contribution >= 4 is 22.9 Å². The van der Waals surface area contributed by atoms with Crippen molar-refractivity contribution in [2.45, 2.75) is 44.9 Å². The summed E-state index contributed by atoms with van der Waals surface area (Å²) in [4.78, 5) is 19.6. The normalized spacial score (nSPS) is 18.8. The maximum atomic E-state index is 14.8. The lowest BCUT2D eigenvalue weighted by Gasteiger charge is -2.34. The van der Waals surface area contributed by atoms with Crippen LogP contribution in [0.25, 0.3) is 28.4 Å². The third-order valence-corrected chi connectivity index (χ3v) is 7.54. The Balaban J connectivity index is 1.61. The molecule has 1 atom stereocenters. The Kier molecular flexibility index (Phi) is 7.01. The number of halogens is 4. The van der Waals surface area contributed by atoms with Crippen molar-refractivity contribution in [3.05, 3.63) is 35.5 Å². The number of nitrogens with one attached hydrogen (secondary N) is 2. The van der Waals surface area contributed by atoms with Gasteiger partial charge in [-0.05, 0) is 51.9 Å². The minimum Gasteiger partial charge on any atom is -0.377 e. The van der Waals surface area contributed by atoms with Gasteiger partial charge in [-0.15, -0.1) is 0 Å². The van der Waals surface area contributed by atoms with E-state index in [2.05, 4.69) is 30.7 Å². The molecule has 11 nitrogen and oxygen atoms in total. The van der Waals surface area contributed by atoms with Crippen molar-refractivity contribution < 1.29 is 22.3 Å². The summed E-state index contributed by atoms with van der Waals surface area (Å²) in [5.41, 5.74) is -0.133. The van der Waals surface area contributed by atoms with Crippen LogP contribution >= 0.6 is 0 Å². The molecule has 0 amide bonds. The van der Waals surface area contributed by atoms with E-state index in [4.69, 9.17) is 9.72 Å². The first-order valence-electron chi connectivity index (χ1n) is 13.5. The molecular weight excluding hydrogens is 544 g/mol. The molecule has 2 N–H and O–H groups in total. The number of alkyl halides is 3. The molecule has 2 fully saturated rings.